The first kappa shape index (κ1) is 21.8. The van der Waals surface area contributed by atoms with Crippen molar-refractivity contribution in [2.75, 3.05) is 39.5 Å². The normalized spacial score (nSPS) is 20.2. The lowest BCUT2D eigenvalue weighted by molar-refractivity contribution is -0.0106. The summed E-state index contributed by atoms with van der Waals surface area (Å²) in [5.74, 6) is 1.23. The SMILES string of the molecule is CCNC(=NCC1(CO)CCOCC1)NC(C)c1ccc(OCC2CC2)c(F)c1. The molecule has 1 unspecified atom stereocenters. The summed E-state index contributed by atoms with van der Waals surface area (Å²) in [5.41, 5.74) is 0.603. The van der Waals surface area contributed by atoms with Crippen molar-refractivity contribution < 1.29 is 19.0 Å². The number of hydrogen-bond acceptors (Lipinski definition) is 4. The fraction of sp³-hybridized carbons (Fsp3) is 0.682. The molecule has 1 heterocycles. The van der Waals surface area contributed by atoms with Gasteiger partial charge in [0.2, 0.25) is 0 Å². The van der Waals surface area contributed by atoms with Crippen LogP contribution in [0.3, 0.4) is 0 Å². The van der Waals surface area contributed by atoms with Crippen LogP contribution >= 0.6 is 0 Å². The quantitative estimate of drug-likeness (QED) is 0.433. The van der Waals surface area contributed by atoms with E-state index in [2.05, 4.69) is 10.6 Å². The molecule has 0 bridgehead atoms. The number of aliphatic hydroxyl groups is 1. The van der Waals surface area contributed by atoms with E-state index in [0.29, 0.717) is 44.0 Å². The molecule has 3 N–H and O–H groups in total. The number of nitrogens with zero attached hydrogens (tertiary/aromatic N) is 1. The second kappa shape index (κ2) is 10.3. The van der Waals surface area contributed by atoms with Gasteiger partial charge in [-0.2, -0.15) is 0 Å². The molecule has 2 aliphatic rings. The topological polar surface area (TPSA) is 75.1 Å². The fourth-order valence-corrected chi connectivity index (χ4v) is 3.42. The molecule has 1 saturated heterocycles. The highest BCUT2D eigenvalue weighted by molar-refractivity contribution is 5.80. The van der Waals surface area contributed by atoms with Gasteiger partial charge in [0.1, 0.15) is 0 Å². The van der Waals surface area contributed by atoms with Crippen LogP contribution in [0.4, 0.5) is 4.39 Å². The average Bonchev–Trinajstić information content (AvgIpc) is 3.56. The van der Waals surface area contributed by atoms with Crippen molar-refractivity contribution >= 4 is 5.96 Å². The number of hydrogen-bond donors (Lipinski definition) is 3. The minimum absolute atomic E-state index is 0.0996. The van der Waals surface area contributed by atoms with E-state index in [1.807, 2.05) is 19.9 Å². The van der Waals surface area contributed by atoms with Gasteiger partial charge in [-0.3, -0.25) is 4.99 Å². The van der Waals surface area contributed by atoms with Crippen LogP contribution in [0, 0.1) is 17.2 Å². The molecule has 29 heavy (non-hydrogen) atoms. The third kappa shape index (κ3) is 6.31. The molecule has 0 radical (unpaired) electrons. The fourth-order valence-electron chi connectivity index (χ4n) is 3.42. The van der Waals surface area contributed by atoms with Crippen LogP contribution in [-0.2, 0) is 4.74 Å². The average molecular weight is 408 g/mol. The zero-order chi connectivity index (χ0) is 20.7. The highest BCUT2D eigenvalue weighted by Gasteiger charge is 2.32. The molecule has 0 aromatic heterocycles. The van der Waals surface area contributed by atoms with Gasteiger partial charge in [0.05, 0.1) is 25.8 Å². The second-order valence-corrected chi connectivity index (χ2v) is 8.28. The van der Waals surface area contributed by atoms with E-state index in [1.54, 1.807) is 6.07 Å². The molecule has 1 aliphatic heterocycles. The van der Waals surface area contributed by atoms with Crippen molar-refractivity contribution in [1.29, 1.82) is 0 Å². The lowest BCUT2D eigenvalue weighted by Crippen LogP contribution is -2.41. The highest BCUT2D eigenvalue weighted by atomic mass is 19.1. The number of nitrogens with one attached hydrogen (secondary N) is 2. The first-order valence-electron chi connectivity index (χ1n) is 10.7. The Labute approximate surface area is 172 Å². The van der Waals surface area contributed by atoms with Gasteiger partial charge in [-0.05, 0) is 63.1 Å². The second-order valence-electron chi connectivity index (χ2n) is 8.28. The molecule has 1 aliphatic carbocycles. The number of rotatable bonds is 9. The molecule has 3 rings (SSSR count). The first-order valence-corrected chi connectivity index (χ1v) is 10.7. The Kier molecular flexibility index (Phi) is 7.72. The van der Waals surface area contributed by atoms with Crippen LogP contribution in [0.1, 0.15) is 51.1 Å². The van der Waals surface area contributed by atoms with Crippen molar-refractivity contribution in [2.24, 2.45) is 16.3 Å². The zero-order valence-electron chi connectivity index (χ0n) is 17.5. The Morgan fingerprint density at radius 3 is 2.76 bits per heavy atom. The van der Waals surface area contributed by atoms with Gasteiger partial charge < -0.3 is 25.2 Å². The number of aliphatic hydroxyl groups excluding tert-OH is 1. The van der Waals surface area contributed by atoms with Crippen LogP contribution in [-0.4, -0.2) is 50.6 Å². The molecule has 2 fully saturated rings. The predicted octanol–water partition coefficient (Wildman–Crippen LogP) is 3.02. The Bertz CT molecular complexity index is 688. The number of halogens is 1. The summed E-state index contributed by atoms with van der Waals surface area (Å²) >= 11 is 0. The van der Waals surface area contributed by atoms with Gasteiger partial charge in [0.15, 0.2) is 17.5 Å². The minimum atomic E-state index is -0.333. The van der Waals surface area contributed by atoms with Gasteiger partial charge in [-0.1, -0.05) is 6.07 Å². The van der Waals surface area contributed by atoms with Crippen molar-refractivity contribution in [2.45, 2.75) is 45.6 Å². The van der Waals surface area contributed by atoms with Gasteiger partial charge in [0.25, 0.3) is 0 Å². The largest absolute Gasteiger partial charge is 0.490 e. The number of benzene rings is 1. The number of aliphatic imine (C=N–C) groups is 1. The molecule has 6 nitrogen and oxygen atoms in total. The maximum Gasteiger partial charge on any atom is 0.191 e. The molecule has 0 spiro atoms. The van der Waals surface area contributed by atoms with E-state index >= 15 is 0 Å². The summed E-state index contributed by atoms with van der Waals surface area (Å²) < 4.78 is 25.4. The van der Waals surface area contributed by atoms with E-state index in [1.165, 1.54) is 18.9 Å². The molecule has 162 valence electrons. The third-order valence-electron chi connectivity index (χ3n) is 5.79. The van der Waals surface area contributed by atoms with Crippen molar-refractivity contribution in [1.82, 2.24) is 10.6 Å². The Hall–Kier alpha value is -1.86. The van der Waals surface area contributed by atoms with Crippen LogP contribution in [0.25, 0.3) is 0 Å². The maximum atomic E-state index is 14.4. The minimum Gasteiger partial charge on any atom is -0.490 e. The van der Waals surface area contributed by atoms with Crippen molar-refractivity contribution in [3.05, 3.63) is 29.6 Å². The van der Waals surface area contributed by atoms with Crippen LogP contribution in [0.2, 0.25) is 0 Å². The number of ether oxygens (including phenoxy) is 2. The highest BCUT2D eigenvalue weighted by Crippen LogP contribution is 2.31. The van der Waals surface area contributed by atoms with E-state index in [4.69, 9.17) is 14.5 Å². The van der Waals surface area contributed by atoms with Gasteiger partial charge in [-0.15, -0.1) is 0 Å². The Balaban J connectivity index is 1.62. The van der Waals surface area contributed by atoms with Crippen LogP contribution in [0.15, 0.2) is 23.2 Å². The van der Waals surface area contributed by atoms with Crippen LogP contribution in [0.5, 0.6) is 5.75 Å². The van der Waals surface area contributed by atoms with E-state index in [9.17, 15) is 9.50 Å². The Morgan fingerprint density at radius 1 is 1.38 bits per heavy atom. The molecular weight excluding hydrogens is 373 g/mol. The molecule has 1 aromatic carbocycles. The van der Waals surface area contributed by atoms with Crippen LogP contribution < -0.4 is 15.4 Å². The van der Waals surface area contributed by atoms with E-state index in [0.717, 1.165) is 24.9 Å². The summed E-state index contributed by atoms with van der Waals surface area (Å²) in [4.78, 5) is 4.70. The van der Waals surface area contributed by atoms with Crippen molar-refractivity contribution in [3.63, 3.8) is 0 Å². The lowest BCUT2D eigenvalue weighted by Gasteiger charge is -2.34. The summed E-state index contributed by atoms with van der Waals surface area (Å²) in [6, 6.07) is 5.00. The molecule has 7 heteroatoms. The molecule has 0 amide bonds. The summed E-state index contributed by atoms with van der Waals surface area (Å²) in [6.45, 7) is 7.23. The molecule has 1 atom stereocenters. The monoisotopic (exact) mass is 407 g/mol. The van der Waals surface area contributed by atoms with E-state index < -0.39 is 0 Å². The molecule has 1 aromatic rings. The third-order valence-corrected chi connectivity index (χ3v) is 5.79. The Morgan fingerprint density at radius 2 is 2.14 bits per heavy atom. The first-order chi connectivity index (χ1) is 14.0. The molecular formula is C22H34FN3O3. The van der Waals surface area contributed by atoms with Crippen molar-refractivity contribution in [3.8, 4) is 5.75 Å². The smallest absolute Gasteiger partial charge is 0.191 e. The maximum absolute atomic E-state index is 14.4. The predicted molar refractivity (Wildman–Crippen MR) is 112 cm³/mol. The molecule has 1 saturated carbocycles. The number of guanidine groups is 1. The zero-order valence-corrected chi connectivity index (χ0v) is 17.5. The van der Waals surface area contributed by atoms with Gasteiger partial charge >= 0.3 is 0 Å². The summed E-state index contributed by atoms with van der Waals surface area (Å²) in [6.07, 6.45) is 3.96. The summed E-state index contributed by atoms with van der Waals surface area (Å²) in [7, 11) is 0. The van der Waals surface area contributed by atoms with E-state index in [-0.39, 0.29) is 23.9 Å². The summed E-state index contributed by atoms with van der Waals surface area (Å²) in [5, 5.41) is 16.4. The van der Waals surface area contributed by atoms with Gasteiger partial charge in [0, 0.05) is 25.2 Å². The standard InChI is InChI=1S/C22H34FN3O3/c1-3-24-21(25-14-22(15-27)8-10-28-11-9-22)26-16(2)18-6-7-20(19(23)12-18)29-13-17-4-5-17/h6-7,12,16-17,27H,3-5,8-11,13-15H2,1-2H3,(H2,24,25,26). The lowest BCUT2D eigenvalue weighted by atomic mass is 9.81. The van der Waals surface area contributed by atoms with Gasteiger partial charge in [-0.25, -0.2) is 4.39 Å².